The molecule has 2 atom stereocenters. The maximum absolute atomic E-state index is 6.31. The molecule has 2 aliphatic rings. The van der Waals surface area contributed by atoms with Gasteiger partial charge in [-0.15, -0.1) is 0 Å². The van der Waals surface area contributed by atoms with Crippen molar-refractivity contribution in [2.75, 3.05) is 13.1 Å². The van der Waals surface area contributed by atoms with Crippen LogP contribution in [0.25, 0.3) is 0 Å². The summed E-state index contributed by atoms with van der Waals surface area (Å²) in [5.41, 5.74) is 3.93. The number of ether oxygens (including phenoxy) is 1. The Hall–Kier alpha value is -1.35. The summed E-state index contributed by atoms with van der Waals surface area (Å²) in [6.07, 6.45) is 0.305. The van der Waals surface area contributed by atoms with Crippen LogP contribution in [0.1, 0.15) is 22.6 Å². The smallest absolute Gasteiger partial charge is 0.0787 e. The van der Waals surface area contributed by atoms with Gasteiger partial charge >= 0.3 is 0 Å². The van der Waals surface area contributed by atoms with Crippen LogP contribution in [-0.2, 0) is 17.9 Å². The summed E-state index contributed by atoms with van der Waals surface area (Å²) in [4.78, 5) is 2.49. The zero-order chi connectivity index (χ0) is 14.2. The van der Waals surface area contributed by atoms with Crippen molar-refractivity contribution in [3.63, 3.8) is 0 Å². The normalized spacial score (nSPS) is 24.6. The molecule has 3 heteroatoms. The third-order valence-electron chi connectivity index (χ3n) is 4.59. The van der Waals surface area contributed by atoms with E-state index in [0.29, 0.717) is 18.6 Å². The van der Waals surface area contributed by atoms with E-state index in [4.69, 9.17) is 16.3 Å². The van der Waals surface area contributed by atoms with Gasteiger partial charge in [0.25, 0.3) is 0 Å². The number of halogens is 1. The Morgan fingerprint density at radius 1 is 1.05 bits per heavy atom. The van der Waals surface area contributed by atoms with Crippen LogP contribution in [0.2, 0.25) is 5.02 Å². The summed E-state index contributed by atoms with van der Waals surface area (Å²) in [7, 11) is 0. The van der Waals surface area contributed by atoms with Crippen LogP contribution in [0, 0.1) is 0 Å². The van der Waals surface area contributed by atoms with Gasteiger partial charge in [-0.25, -0.2) is 0 Å². The predicted octanol–water partition coefficient (Wildman–Crippen LogP) is 3.84. The van der Waals surface area contributed by atoms with Crippen LogP contribution in [0.3, 0.4) is 0 Å². The minimum Gasteiger partial charge on any atom is -0.371 e. The topological polar surface area (TPSA) is 12.5 Å². The van der Waals surface area contributed by atoms with Gasteiger partial charge in [0.2, 0.25) is 0 Å². The lowest BCUT2D eigenvalue weighted by atomic mass is 9.90. The molecule has 2 aliphatic heterocycles. The lowest BCUT2D eigenvalue weighted by Gasteiger charge is -2.28. The second-order valence-corrected chi connectivity index (χ2v) is 6.35. The van der Waals surface area contributed by atoms with E-state index < -0.39 is 0 Å². The number of likely N-dealkylation sites (tertiary alicyclic amines) is 1. The number of nitrogens with zero attached hydrogens (tertiary/aromatic N) is 1. The second-order valence-electron chi connectivity index (χ2n) is 5.94. The maximum Gasteiger partial charge on any atom is 0.0787 e. The molecule has 0 saturated carbocycles. The Morgan fingerprint density at radius 3 is 2.76 bits per heavy atom. The van der Waals surface area contributed by atoms with E-state index in [2.05, 4.69) is 47.4 Å². The SMILES string of the molecule is Clc1cccc2c1CO[C@H]1CN(Cc3ccccc3)C[C@H]21. The molecule has 2 aromatic carbocycles. The summed E-state index contributed by atoms with van der Waals surface area (Å²) in [6, 6.07) is 16.9. The molecule has 1 fully saturated rings. The molecule has 0 amide bonds. The van der Waals surface area contributed by atoms with Crippen LogP contribution >= 0.6 is 11.6 Å². The number of fused-ring (bicyclic) bond motifs is 3. The van der Waals surface area contributed by atoms with Gasteiger partial charge in [0, 0.05) is 30.6 Å². The van der Waals surface area contributed by atoms with Gasteiger partial charge in [-0.05, 0) is 22.8 Å². The molecule has 2 nitrogen and oxygen atoms in total. The number of benzene rings is 2. The van der Waals surface area contributed by atoms with Gasteiger partial charge in [-0.1, -0.05) is 54.1 Å². The highest BCUT2D eigenvalue weighted by atomic mass is 35.5. The van der Waals surface area contributed by atoms with E-state index in [1.165, 1.54) is 16.7 Å². The molecular weight excluding hydrogens is 282 g/mol. The molecule has 0 aromatic heterocycles. The highest BCUT2D eigenvalue weighted by molar-refractivity contribution is 6.31. The molecule has 1 saturated heterocycles. The van der Waals surface area contributed by atoms with Crippen LogP contribution in [0.4, 0.5) is 0 Å². The van der Waals surface area contributed by atoms with Crippen LogP contribution in [-0.4, -0.2) is 24.1 Å². The van der Waals surface area contributed by atoms with Crippen molar-refractivity contribution in [3.05, 3.63) is 70.2 Å². The molecule has 0 N–H and O–H groups in total. The molecule has 0 unspecified atom stereocenters. The average Bonchev–Trinajstić information content (AvgIpc) is 2.91. The first-order valence-electron chi connectivity index (χ1n) is 7.46. The van der Waals surface area contributed by atoms with Crippen LogP contribution in [0.15, 0.2) is 48.5 Å². The van der Waals surface area contributed by atoms with E-state index in [9.17, 15) is 0 Å². The zero-order valence-electron chi connectivity index (χ0n) is 11.8. The van der Waals surface area contributed by atoms with E-state index in [0.717, 1.165) is 24.7 Å². The summed E-state index contributed by atoms with van der Waals surface area (Å²) >= 11 is 6.31. The zero-order valence-corrected chi connectivity index (χ0v) is 12.6. The van der Waals surface area contributed by atoms with E-state index in [1.807, 2.05) is 6.07 Å². The number of hydrogen-bond donors (Lipinski definition) is 0. The molecule has 108 valence electrons. The lowest BCUT2D eigenvalue weighted by molar-refractivity contribution is 0.0250. The fraction of sp³-hybridized carbons (Fsp3) is 0.333. The van der Waals surface area contributed by atoms with Crippen molar-refractivity contribution in [3.8, 4) is 0 Å². The Morgan fingerprint density at radius 2 is 1.90 bits per heavy atom. The lowest BCUT2D eigenvalue weighted by Crippen LogP contribution is -2.27. The van der Waals surface area contributed by atoms with E-state index >= 15 is 0 Å². The second kappa shape index (κ2) is 5.45. The third kappa shape index (κ3) is 2.48. The van der Waals surface area contributed by atoms with Gasteiger partial charge in [0.05, 0.1) is 12.7 Å². The fourth-order valence-electron chi connectivity index (χ4n) is 3.56. The predicted molar refractivity (Wildman–Crippen MR) is 84.5 cm³/mol. The number of rotatable bonds is 2. The molecule has 2 heterocycles. The van der Waals surface area contributed by atoms with Crippen molar-refractivity contribution < 1.29 is 4.74 Å². The molecule has 2 aromatic rings. The summed E-state index contributed by atoms with van der Waals surface area (Å²) in [6.45, 7) is 3.70. The average molecular weight is 300 g/mol. The standard InChI is InChI=1S/C18H18ClNO/c19-17-8-4-7-14-15-10-20(9-13-5-2-1-3-6-13)11-18(15)21-12-16(14)17/h1-8,15,18H,9-12H2/t15-,18+/m1/s1. The van der Waals surface area contributed by atoms with Gasteiger partial charge in [-0.3, -0.25) is 4.90 Å². The first kappa shape index (κ1) is 13.3. The highest BCUT2D eigenvalue weighted by Crippen LogP contribution is 2.39. The van der Waals surface area contributed by atoms with Crippen molar-refractivity contribution in [2.45, 2.75) is 25.2 Å². The highest BCUT2D eigenvalue weighted by Gasteiger charge is 2.38. The first-order chi connectivity index (χ1) is 10.3. The van der Waals surface area contributed by atoms with Crippen LogP contribution < -0.4 is 0 Å². The Labute approximate surface area is 130 Å². The maximum atomic E-state index is 6.31. The van der Waals surface area contributed by atoms with Gasteiger partial charge in [0.15, 0.2) is 0 Å². The minimum absolute atomic E-state index is 0.305. The van der Waals surface area contributed by atoms with Crippen molar-refractivity contribution >= 4 is 11.6 Å². The summed E-state index contributed by atoms with van der Waals surface area (Å²) < 4.78 is 6.05. The number of hydrogen-bond acceptors (Lipinski definition) is 2. The van der Waals surface area contributed by atoms with Gasteiger partial charge in [0.1, 0.15) is 0 Å². The molecule has 0 aliphatic carbocycles. The summed E-state index contributed by atoms with van der Waals surface area (Å²) in [5.74, 6) is 0.455. The Kier molecular flexibility index (Phi) is 3.46. The largest absolute Gasteiger partial charge is 0.371 e. The van der Waals surface area contributed by atoms with Crippen molar-refractivity contribution in [2.24, 2.45) is 0 Å². The molecule has 4 rings (SSSR count). The first-order valence-corrected chi connectivity index (χ1v) is 7.84. The van der Waals surface area contributed by atoms with Crippen molar-refractivity contribution in [1.29, 1.82) is 0 Å². The summed E-state index contributed by atoms with van der Waals surface area (Å²) in [5, 5.41) is 0.840. The van der Waals surface area contributed by atoms with Gasteiger partial charge < -0.3 is 4.74 Å². The molecule has 21 heavy (non-hydrogen) atoms. The van der Waals surface area contributed by atoms with Crippen LogP contribution in [0.5, 0.6) is 0 Å². The van der Waals surface area contributed by atoms with E-state index in [1.54, 1.807) is 0 Å². The quantitative estimate of drug-likeness (QED) is 0.835. The van der Waals surface area contributed by atoms with E-state index in [-0.39, 0.29) is 0 Å². The molecule has 0 bridgehead atoms. The fourth-order valence-corrected chi connectivity index (χ4v) is 3.79. The van der Waals surface area contributed by atoms with Gasteiger partial charge in [-0.2, -0.15) is 0 Å². The Bertz CT molecular complexity index is 643. The minimum atomic E-state index is 0.305. The van der Waals surface area contributed by atoms with Crippen molar-refractivity contribution in [1.82, 2.24) is 4.90 Å². The molecule has 0 radical (unpaired) electrons. The molecule has 0 spiro atoms. The third-order valence-corrected chi connectivity index (χ3v) is 4.94. The molecular formula is C18H18ClNO. The Balaban J connectivity index is 1.55. The monoisotopic (exact) mass is 299 g/mol.